The summed E-state index contributed by atoms with van der Waals surface area (Å²) in [5.74, 6) is -2.19. The Hall–Kier alpha value is -3.67. The van der Waals surface area contributed by atoms with Crippen LogP contribution < -0.4 is 5.32 Å². The molecule has 1 atom stereocenters. The van der Waals surface area contributed by atoms with Crippen LogP contribution in [0.1, 0.15) is 28.9 Å². The molecule has 0 saturated carbocycles. The molecule has 0 fully saturated rings. The number of halogens is 2. The minimum absolute atomic E-state index is 0.323. The zero-order valence-corrected chi connectivity index (χ0v) is 15.6. The van der Waals surface area contributed by atoms with E-state index >= 15 is 0 Å². The second-order valence-corrected chi connectivity index (χ2v) is 6.68. The van der Waals surface area contributed by atoms with E-state index in [1.54, 1.807) is 25.4 Å². The molecule has 4 nitrogen and oxygen atoms in total. The highest BCUT2D eigenvalue weighted by Gasteiger charge is 2.17. The molecule has 144 valence electrons. The smallest absolute Gasteiger partial charge is 0.252 e. The highest BCUT2D eigenvalue weighted by molar-refractivity contribution is 6.07. The molecular formula is C23H17F2N3O. The van der Waals surface area contributed by atoms with Crippen molar-refractivity contribution >= 4 is 16.8 Å². The standard InChI is InChI=1S/C23H17F2N3O/c1-14(16-6-7-19(24)20(25)12-16)27-23(29)18-13-22(15-8-10-26-11-9-15)28-21-5-3-2-4-17(18)21/h2-14H,1H3,(H,27,29)/t14-/m0/s1. The molecule has 0 radical (unpaired) electrons. The summed E-state index contributed by atoms with van der Waals surface area (Å²) >= 11 is 0. The van der Waals surface area contributed by atoms with Gasteiger partial charge in [-0.1, -0.05) is 24.3 Å². The van der Waals surface area contributed by atoms with Gasteiger partial charge < -0.3 is 5.32 Å². The summed E-state index contributed by atoms with van der Waals surface area (Å²) in [5.41, 5.74) is 3.11. The van der Waals surface area contributed by atoms with E-state index in [4.69, 9.17) is 0 Å². The lowest BCUT2D eigenvalue weighted by molar-refractivity contribution is 0.0941. The largest absolute Gasteiger partial charge is 0.345 e. The number of hydrogen-bond donors (Lipinski definition) is 1. The lowest BCUT2D eigenvalue weighted by Gasteiger charge is -2.16. The van der Waals surface area contributed by atoms with Crippen LogP contribution in [0.25, 0.3) is 22.2 Å². The molecule has 0 saturated heterocycles. The predicted octanol–water partition coefficient (Wildman–Crippen LogP) is 5.07. The molecule has 0 unspecified atom stereocenters. The molecule has 0 aliphatic rings. The summed E-state index contributed by atoms with van der Waals surface area (Å²) in [6.45, 7) is 1.72. The minimum Gasteiger partial charge on any atom is -0.345 e. The zero-order valence-electron chi connectivity index (χ0n) is 15.6. The van der Waals surface area contributed by atoms with E-state index in [1.807, 2.05) is 36.4 Å². The van der Waals surface area contributed by atoms with Gasteiger partial charge in [0.2, 0.25) is 0 Å². The molecule has 0 aliphatic heterocycles. The summed E-state index contributed by atoms with van der Waals surface area (Å²) in [7, 11) is 0. The average molecular weight is 389 g/mol. The van der Waals surface area contributed by atoms with Gasteiger partial charge in [-0.25, -0.2) is 13.8 Å². The second kappa shape index (κ2) is 7.75. The molecule has 1 N–H and O–H groups in total. The van der Waals surface area contributed by atoms with Crippen LogP contribution in [-0.2, 0) is 0 Å². The summed E-state index contributed by atoms with van der Waals surface area (Å²) < 4.78 is 26.7. The van der Waals surface area contributed by atoms with Crippen LogP contribution in [-0.4, -0.2) is 15.9 Å². The second-order valence-electron chi connectivity index (χ2n) is 6.68. The number of amides is 1. The fourth-order valence-corrected chi connectivity index (χ4v) is 3.17. The molecule has 4 rings (SSSR count). The van der Waals surface area contributed by atoms with Crippen molar-refractivity contribution in [2.75, 3.05) is 0 Å². The Kier molecular flexibility index (Phi) is 4.99. The molecule has 4 aromatic rings. The first kappa shape index (κ1) is 18.7. The number of nitrogens with one attached hydrogen (secondary N) is 1. The Balaban J connectivity index is 1.72. The van der Waals surface area contributed by atoms with E-state index in [2.05, 4.69) is 15.3 Å². The maximum Gasteiger partial charge on any atom is 0.252 e. The van der Waals surface area contributed by atoms with Crippen molar-refractivity contribution in [1.29, 1.82) is 0 Å². The lowest BCUT2D eigenvalue weighted by Crippen LogP contribution is -2.27. The first-order chi connectivity index (χ1) is 14.0. The van der Waals surface area contributed by atoms with Gasteiger partial charge in [-0.2, -0.15) is 0 Å². The number of aromatic nitrogens is 2. The number of carbonyl (C=O) groups excluding carboxylic acids is 1. The molecule has 2 aromatic heterocycles. The van der Waals surface area contributed by atoms with Crippen LogP contribution in [0.5, 0.6) is 0 Å². The minimum atomic E-state index is -0.946. The first-order valence-corrected chi connectivity index (χ1v) is 9.09. The molecule has 0 bridgehead atoms. The van der Waals surface area contributed by atoms with Crippen LogP contribution in [0, 0.1) is 11.6 Å². The Morgan fingerprint density at radius 1 is 0.966 bits per heavy atom. The van der Waals surface area contributed by atoms with E-state index in [0.29, 0.717) is 27.7 Å². The Bertz CT molecular complexity index is 1200. The first-order valence-electron chi connectivity index (χ1n) is 9.09. The van der Waals surface area contributed by atoms with Crippen LogP contribution in [0.3, 0.4) is 0 Å². The summed E-state index contributed by atoms with van der Waals surface area (Å²) in [6, 6.07) is 15.8. The number of hydrogen-bond acceptors (Lipinski definition) is 3. The number of para-hydroxylation sites is 1. The summed E-state index contributed by atoms with van der Waals surface area (Å²) in [6.07, 6.45) is 3.33. The molecule has 6 heteroatoms. The van der Waals surface area contributed by atoms with Crippen LogP contribution in [0.15, 0.2) is 73.1 Å². The van der Waals surface area contributed by atoms with E-state index in [1.165, 1.54) is 6.07 Å². The molecule has 2 aromatic carbocycles. The molecule has 1 amide bonds. The number of carbonyl (C=O) groups is 1. The zero-order chi connectivity index (χ0) is 20.4. The van der Waals surface area contributed by atoms with Crippen molar-refractivity contribution in [3.8, 4) is 11.3 Å². The predicted molar refractivity (Wildman–Crippen MR) is 107 cm³/mol. The van der Waals surface area contributed by atoms with Crippen molar-refractivity contribution < 1.29 is 13.6 Å². The van der Waals surface area contributed by atoms with E-state index in [-0.39, 0.29) is 5.91 Å². The van der Waals surface area contributed by atoms with Crippen molar-refractivity contribution in [3.05, 3.63) is 95.8 Å². The maximum atomic E-state index is 13.5. The number of nitrogens with zero attached hydrogens (tertiary/aromatic N) is 2. The third kappa shape index (κ3) is 3.82. The van der Waals surface area contributed by atoms with E-state index < -0.39 is 17.7 Å². The topological polar surface area (TPSA) is 54.9 Å². The quantitative estimate of drug-likeness (QED) is 0.530. The summed E-state index contributed by atoms with van der Waals surface area (Å²) in [5, 5.41) is 3.57. The molecule has 0 aliphatic carbocycles. The fourth-order valence-electron chi connectivity index (χ4n) is 3.17. The number of benzene rings is 2. The van der Waals surface area contributed by atoms with Gasteiger partial charge in [0.05, 0.1) is 22.8 Å². The Morgan fingerprint density at radius 3 is 2.48 bits per heavy atom. The van der Waals surface area contributed by atoms with Crippen molar-refractivity contribution in [2.24, 2.45) is 0 Å². The highest BCUT2D eigenvalue weighted by Crippen LogP contribution is 2.25. The SMILES string of the molecule is C[C@H](NC(=O)c1cc(-c2ccncc2)nc2ccccc12)c1ccc(F)c(F)c1. The lowest BCUT2D eigenvalue weighted by atomic mass is 10.0. The van der Waals surface area contributed by atoms with Crippen molar-refractivity contribution in [3.63, 3.8) is 0 Å². The molecule has 29 heavy (non-hydrogen) atoms. The Labute approximate surface area is 166 Å². The van der Waals surface area contributed by atoms with Crippen LogP contribution in [0.2, 0.25) is 0 Å². The Morgan fingerprint density at radius 2 is 1.72 bits per heavy atom. The van der Waals surface area contributed by atoms with Gasteiger partial charge in [-0.3, -0.25) is 9.78 Å². The average Bonchev–Trinajstić information content (AvgIpc) is 2.75. The molecule has 0 spiro atoms. The highest BCUT2D eigenvalue weighted by atomic mass is 19.2. The third-order valence-electron chi connectivity index (χ3n) is 4.73. The number of fused-ring (bicyclic) bond motifs is 1. The van der Waals surface area contributed by atoms with Crippen LogP contribution >= 0.6 is 0 Å². The van der Waals surface area contributed by atoms with E-state index in [9.17, 15) is 13.6 Å². The fraction of sp³-hybridized carbons (Fsp3) is 0.0870. The van der Waals surface area contributed by atoms with Gasteiger partial charge in [0.15, 0.2) is 11.6 Å². The number of rotatable bonds is 4. The normalized spacial score (nSPS) is 12.0. The summed E-state index contributed by atoms with van der Waals surface area (Å²) in [4.78, 5) is 21.7. The van der Waals surface area contributed by atoms with E-state index in [0.717, 1.165) is 17.7 Å². The van der Waals surface area contributed by atoms with Gasteiger partial charge in [0.25, 0.3) is 5.91 Å². The van der Waals surface area contributed by atoms with Gasteiger partial charge in [-0.15, -0.1) is 0 Å². The molecule has 2 heterocycles. The van der Waals surface area contributed by atoms with Crippen molar-refractivity contribution in [1.82, 2.24) is 15.3 Å². The third-order valence-corrected chi connectivity index (χ3v) is 4.73. The van der Waals surface area contributed by atoms with Crippen molar-refractivity contribution in [2.45, 2.75) is 13.0 Å². The number of pyridine rings is 2. The van der Waals surface area contributed by atoms with Gasteiger partial charge in [0.1, 0.15) is 0 Å². The van der Waals surface area contributed by atoms with Gasteiger partial charge in [0, 0.05) is 23.3 Å². The van der Waals surface area contributed by atoms with Crippen LogP contribution in [0.4, 0.5) is 8.78 Å². The monoisotopic (exact) mass is 389 g/mol. The van der Waals surface area contributed by atoms with Gasteiger partial charge in [-0.05, 0) is 48.9 Å². The maximum absolute atomic E-state index is 13.5. The molecular weight excluding hydrogens is 372 g/mol. The van der Waals surface area contributed by atoms with Gasteiger partial charge >= 0.3 is 0 Å².